The van der Waals surface area contributed by atoms with Crippen molar-refractivity contribution in [3.8, 4) is 0 Å². The number of anilines is 2. The molecule has 1 aromatic heterocycles. The molecule has 1 fully saturated rings. The van der Waals surface area contributed by atoms with E-state index in [9.17, 15) is 39.6 Å². The Balaban J connectivity index is 1.78. The number of aromatic nitrogens is 2. The molecule has 3 rings (SSSR count). The van der Waals surface area contributed by atoms with Crippen molar-refractivity contribution < 1.29 is 39.6 Å². The van der Waals surface area contributed by atoms with Crippen LogP contribution in [0.4, 0.5) is 37.8 Å². The third-order valence-electron chi connectivity index (χ3n) is 6.49. The Morgan fingerprint density at radius 2 is 1.84 bits per heavy atom. The Morgan fingerprint density at radius 3 is 2.37 bits per heavy atom. The van der Waals surface area contributed by atoms with Crippen LogP contribution in [0, 0.1) is 11.3 Å². The van der Waals surface area contributed by atoms with Gasteiger partial charge < -0.3 is 21.4 Å². The van der Waals surface area contributed by atoms with Gasteiger partial charge >= 0.3 is 11.7 Å². The summed E-state index contributed by atoms with van der Waals surface area (Å²) in [5.74, 6) is -1.29. The van der Waals surface area contributed by atoms with Gasteiger partial charge in [0.25, 0.3) is 15.7 Å². The van der Waals surface area contributed by atoms with Gasteiger partial charge in [-0.05, 0) is 50.6 Å². The Hall–Kier alpha value is -3.14. The van der Waals surface area contributed by atoms with Crippen LogP contribution in [-0.4, -0.2) is 66.5 Å². The molecule has 3 atom stereocenters. The summed E-state index contributed by atoms with van der Waals surface area (Å²) in [6.07, 6.45) is -1.31. The Kier molecular flexibility index (Phi) is 8.45. The molecule has 16 heteroatoms. The molecule has 1 aromatic carbocycles. The smallest absolute Gasteiger partial charge is 0.365 e. The number of carbonyl (C=O) groups excluding carboxylic acids is 1. The molecule has 210 valence electrons. The van der Waals surface area contributed by atoms with Gasteiger partial charge in [0, 0.05) is 36.6 Å². The van der Waals surface area contributed by atoms with Gasteiger partial charge in [0.05, 0.1) is 17.4 Å². The molecular weight excluding hydrogens is 542 g/mol. The van der Waals surface area contributed by atoms with Gasteiger partial charge in [-0.2, -0.15) is 31.4 Å². The summed E-state index contributed by atoms with van der Waals surface area (Å²) in [6, 6.07) is 3.08. The van der Waals surface area contributed by atoms with Gasteiger partial charge in [0.15, 0.2) is 5.82 Å². The van der Waals surface area contributed by atoms with Crippen LogP contribution < -0.4 is 11.1 Å². The van der Waals surface area contributed by atoms with Crippen molar-refractivity contribution in [3.63, 3.8) is 0 Å². The van der Waals surface area contributed by atoms with E-state index in [2.05, 4.69) is 10.4 Å². The zero-order valence-electron chi connectivity index (χ0n) is 20.1. The number of rotatable bonds is 9. The molecule has 1 aliphatic carbocycles. The molecule has 38 heavy (non-hydrogen) atoms. The van der Waals surface area contributed by atoms with Crippen molar-refractivity contribution in [2.24, 2.45) is 11.7 Å². The Bertz CT molecular complexity index is 1260. The van der Waals surface area contributed by atoms with E-state index in [1.54, 1.807) is 11.9 Å². The highest BCUT2D eigenvalue weighted by Crippen LogP contribution is 2.36. The minimum atomic E-state index is -5.53. The van der Waals surface area contributed by atoms with Gasteiger partial charge in [-0.1, -0.05) is 0 Å². The van der Waals surface area contributed by atoms with Gasteiger partial charge in [0.1, 0.15) is 5.56 Å². The first kappa shape index (κ1) is 29.4. The Labute approximate surface area is 214 Å². The lowest BCUT2D eigenvalue weighted by Gasteiger charge is -2.38. The highest BCUT2D eigenvalue weighted by Gasteiger charge is 2.46. The molecule has 2 aromatic rings. The third-order valence-corrected chi connectivity index (χ3v) is 7.99. The van der Waals surface area contributed by atoms with Crippen molar-refractivity contribution in [3.05, 3.63) is 36.0 Å². The predicted octanol–water partition coefficient (Wildman–Crippen LogP) is 4.26. The van der Waals surface area contributed by atoms with Gasteiger partial charge in [-0.3, -0.25) is 9.48 Å². The van der Waals surface area contributed by atoms with E-state index in [0.29, 0.717) is 19.3 Å². The fourth-order valence-electron chi connectivity index (χ4n) is 4.38. The molecule has 0 bridgehead atoms. The lowest BCUT2D eigenvalue weighted by Crippen LogP contribution is -2.41. The van der Waals surface area contributed by atoms with Crippen molar-refractivity contribution in [2.45, 2.75) is 54.3 Å². The number of nitrogens with one attached hydrogen (secondary N) is 2. The quantitative estimate of drug-likeness (QED) is 0.306. The van der Waals surface area contributed by atoms with E-state index in [1.807, 2.05) is 0 Å². The summed E-state index contributed by atoms with van der Waals surface area (Å²) in [5, 5.41) is 14.9. The van der Waals surface area contributed by atoms with E-state index in [-0.39, 0.29) is 29.7 Å². The minimum absolute atomic E-state index is 0.0305. The van der Waals surface area contributed by atoms with E-state index < -0.39 is 50.7 Å². The van der Waals surface area contributed by atoms with Crippen LogP contribution in [0.3, 0.4) is 0 Å². The van der Waals surface area contributed by atoms with Crippen LogP contribution in [-0.2, 0) is 9.84 Å². The highest BCUT2D eigenvalue weighted by atomic mass is 32.2. The fraction of sp³-hybridized carbons (Fsp3) is 0.500. The summed E-state index contributed by atoms with van der Waals surface area (Å²) in [7, 11) is -3.93. The van der Waals surface area contributed by atoms with Crippen LogP contribution in [0.5, 0.6) is 0 Å². The maximum Gasteiger partial charge on any atom is 0.501 e. The maximum absolute atomic E-state index is 12.8. The minimum Gasteiger partial charge on any atom is -0.365 e. The molecule has 4 N–H and O–H groups in total. The first-order valence-electron chi connectivity index (χ1n) is 11.4. The SMILES string of the molecule is CN(CCC(F)(F)F)[C@@H]1CC[C@H](n2cc(C(N)=O)c(Nc3ccc(S(=O)(=O)C(F)(F)F)cc3)n2)[C@@H](C=N)C1. The Morgan fingerprint density at radius 1 is 1.21 bits per heavy atom. The maximum atomic E-state index is 12.8. The molecule has 0 spiro atoms. The van der Waals surface area contributed by atoms with Crippen molar-refractivity contribution in [1.82, 2.24) is 14.7 Å². The highest BCUT2D eigenvalue weighted by molar-refractivity contribution is 7.92. The van der Waals surface area contributed by atoms with Gasteiger partial charge in [-0.15, -0.1) is 0 Å². The summed E-state index contributed by atoms with van der Waals surface area (Å²) < 4.78 is 101. The summed E-state index contributed by atoms with van der Waals surface area (Å²) in [6.45, 7) is -0.172. The second kappa shape index (κ2) is 10.9. The molecule has 1 saturated carbocycles. The molecule has 0 radical (unpaired) electrons. The average Bonchev–Trinajstić information content (AvgIpc) is 3.25. The third kappa shape index (κ3) is 6.64. The normalized spacial score (nSPS) is 20.9. The second-order valence-corrected chi connectivity index (χ2v) is 11.0. The van der Waals surface area contributed by atoms with E-state index in [0.717, 1.165) is 24.3 Å². The molecule has 1 amide bonds. The van der Waals surface area contributed by atoms with Crippen LogP contribution in [0.1, 0.15) is 42.1 Å². The number of amides is 1. The molecule has 0 saturated heterocycles. The van der Waals surface area contributed by atoms with Gasteiger partial charge in [0.2, 0.25) is 0 Å². The topological polar surface area (TPSA) is 134 Å². The zero-order valence-corrected chi connectivity index (χ0v) is 20.9. The number of primary amides is 1. The number of alkyl halides is 6. The molecule has 9 nitrogen and oxygen atoms in total. The number of nitrogens with two attached hydrogens (primary N) is 1. The number of hydrogen-bond donors (Lipinski definition) is 3. The van der Waals surface area contributed by atoms with Crippen molar-refractivity contribution in [2.75, 3.05) is 18.9 Å². The number of carbonyl (C=O) groups is 1. The standard InChI is InChI=1S/C22H26F6N6O3S/c1-33(9-8-21(23,24)25)15-4-7-18(13(10-15)11-29)34-12-17(19(30)35)20(32-34)31-14-2-5-16(6-3-14)38(36,37)22(26,27)28/h2-3,5-6,11-13,15,18,29H,4,7-10H2,1H3,(H2,30,35)(H,31,32)/t13-,15-,18+/m1/s1. The largest absolute Gasteiger partial charge is 0.501 e. The van der Waals surface area contributed by atoms with Crippen LogP contribution in [0.2, 0.25) is 0 Å². The average molecular weight is 569 g/mol. The summed E-state index contributed by atoms with van der Waals surface area (Å²) in [5.41, 5.74) is 0.0824. The monoisotopic (exact) mass is 568 g/mol. The summed E-state index contributed by atoms with van der Waals surface area (Å²) in [4.78, 5) is 12.7. The number of sulfone groups is 1. The lowest BCUT2D eigenvalue weighted by molar-refractivity contribution is -0.138. The lowest BCUT2D eigenvalue weighted by atomic mass is 9.81. The number of hydrogen-bond acceptors (Lipinski definition) is 7. The molecule has 1 aliphatic rings. The first-order chi connectivity index (χ1) is 17.5. The molecule has 0 aliphatic heterocycles. The predicted molar refractivity (Wildman–Crippen MR) is 126 cm³/mol. The first-order valence-corrected chi connectivity index (χ1v) is 12.9. The number of nitrogens with zero attached hydrogens (tertiary/aromatic N) is 3. The molecule has 1 heterocycles. The van der Waals surface area contributed by atoms with Crippen LogP contribution >= 0.6 is 0 Å². The molecule has 0 unspecified atom stereocenters. The van der Waals surface area contributed by atoms with Crippen LogP contribution in [0.15, 0.2) is 35.4 Å². The molecular formula is C22H26F6N6O3S. The van der Waals surface area contributed by atoms with E-state index >= 15 is 0 Å². The van der Waals surface area contributed by atoms with Crippen molar-refractivity contribution >= 4 is 33.5 Å². The second-order valence-electron chi connectivity index (χ2n) is 9.04. The van der Waals surface area contributed by atoms with Gasteiger partial charge in [-0.25, -0.2) is 8.42 Å². The number of benzene rings is 1. The number of halogens is 6. The van der Waals surface area contributed by atoms with E-state index in [4.69, 9.17) is 11.1 Å². The zero-order chi connectivity index (χ0) is 28.5. The van der Waals surface area contributed by atoms with E-state index in [1.165, 1.54) is 17.1 Å². The van der Waals surface area contributed by atoms with Crippen molar-refractivity contribution in [1.29, 1.82) is 5.41 Å². The fourth-order valence-corrected chi connectivity index (χ4v) is 5.14. The summed E-state index contributed by atoms with van der Waals surface area (Å²) >= 11 is 0. The van der Waals surface area contributed by atoms with Crippen LogP contribution in [0.25, 0.3) is 0 Å².